The Morgan fingerprint density at radius 3 is 2.79 bits per heavy atom. The van der Waals surface area contributed by atoms with Crippen LogP contribution in [0.5, 0.6) is 0 Å². The second-order valence-electron chi connectivity index (χ2n) is 3.15. The van der Waals surface area contributed by atoms with Crippen LogP contribution in [0, 0.1) is 6.92 Å². The lowest BCUT2D eigenvalue weighted by Crippen LogP contribution is -2.05. The van der Waals surface area contributed by atoms with Gasteiger partial charge in [-0.05, 0) is 19.1 Å². The monoisotopic (exact) mass is 209 g/mol. The van der Waals surface area contributed by atoms with Crippen LogP contribution in [0.25, 0.3) is 0 Å². The predicted molar refractivity (Wildman–Crippen MR) is 54.1 cm³/mol. The van der Waals surface area contributed by atoms with Gasteiger partial charge >= 0.3 is 0 Å². The lowest BCUT2D eigenvalue weighted by Gasteiger charge is -2.06. The van der Waals surface area contributed by atoms with Crippen LogP contribution in [-0.4, -0.2) is 19.9 Å². The molecule has 4 nitrogen and oxygen atoms in total. The van der Waals surface area contributed by atoms with E-state index in [0.29, 0.717) is 5.82 Å². The fourth-order valence-electron chi connectivity index (χ4n) is 1.27. The van der Waals surface area contributed by atoms with E-state index in [0.717, 1.165) is 4.88 Å². The maximum absolute atomic E-state index is 9.96. The SMILES string of the molecule is Cc1ccc(C(O)c2nncn2C)s1. The van der Waals surface area contributed by atoms with Gasteiger partial charge in [-0.15, -0.1) is 21.5 Å². The maximum atomic E-state index is 9.96. The first-order valence-corrected chi connectivity index (χ1v) is 5.08. The highest BCUT2D eigenvalue weighted by Gasteiger charge is 2.16. The third-order valence-electron chi connectivity index (χ3n) is 2.02. The van der Waals surface area contributed by atoms with Crippen molar-refractivity contribution < 1.29 is 5.11 Å². The molecule has 14 heavy (non-hydrogen) atoms. The summed E-state index contributed by atoms with van der Waals surface area (Å²) in [6.07, 6.45) is 0.917. The minimum absolute atomic E-state index is 0.576. The van der Waals surface area contributed by atoms with Crippen molar-refractivity contribution in [1.29, 1.82) is 0 Å². The van der Waals surface area contributed by atoms with E-state index in [9.17, 15) is 5.11 Å². The summed E-state index contributed by atoms with van der Waals surface area (Å²) < 4.78 is 1.72. The molecular weight excluding hydrogens is 198 g/mol. The Bertz CT molecular complexity index is 435. The van der Waals surface area contributed by atoms with Gasteiger partial charge in [0.15, 0.2) is 5.82 Å². The molecule has 2 rings (SSSR count). The van der Waals surface area contributed by atoms with Crippen LogP contribution in [0.4, 0.5) is 0 Å². The molecule has 0 bridgehead atoms. The molecule has 2 heterocycles. The minimum atomic E-state index is -0.666. The summed E-state index contributed by atoms with van der Waals surface area (Å²) in [5, 5.41) is 17.6. The van der Waals surface area contributed by atoms with Gasteiger partial charge in [-0.1, -0.05) is 0 Å². The van der Waals surface area contributed by atoms with Crippen molar-refractivity contribution in [2.24, 2.45) is 7.05 Å². The van der Waals surface area contributed by atoms with Crippen molar-refractivity contribution in [1.82, 2.24) is 14.8 Å². The molecule has 0 aliphatic carbocycles. The van der Waals surface area contributed by atoms with E-state index in [2.05, 4.69) is 10.2 Å². The number of hydrogen-bond donors (Lipinski definition) is 1. The predicted octanol–water partition coefficient (Wildman–Crippen LogP) is 1.27. The van der Waals surface area contributed by atoms with Crippen LogP contribution in [0.3, 0.4) is 0 Å². The van der Waals surface area contributed by atoms with E-state index in [4.69, 9.17) is 0 Å². The second kappa shape index (κ2) is 3.51. The summed E-state index contributed by atoms with van der Waals surface area (Å²) in [6, 6.07) is 3.90. The van der Waals surface area contributed by atoms with E-state index in [-0.39, 0.29) is 0 Å². The van der Waals surface area contributed by atoms with Gasteiger partial charge in [-0.25, -0.2) is 0 Å². The van der Waals surface area contributed by atoms with E-state index in [1.165, 1.54) is 4.88 Å². The first-order chi connectivity index (χ1) is 6.68. The highest BCUT2D eigenvalue weighted by atomic mass is 32.1. The van der Waals surface area contributed by atoms with Crippen LogP contribution in [0.2, 0.25) is 0 Å². The number of rotatable bonds is 2. The second-order valence-corrected chi connectivity index (χ2v) is 4.47. The molecule has 2 aromatic rings. The Kier molecular flexibility index (Phi) is 2.35. The lowest BCUT2D eigenvalue weighted by atomic mass is 10.3. The van der Waals surface area contributed by atoms with Crippen molar-refractivity contribution in [3.05, 3.63) is 34.0 Å². The average Bonchev–Trinajstić information content (AvgIpc) is 2.73. The molecule has 1 N–H and O–H groups in total. The Morgan fingerprint density at radius 1 is 1.50 bits per heavy atom. The quantitative estimate of drug-likeness (QED) is 0.810. The van der Waals surface area contributed by atoms with Crippen molar-refractivity contribution >= 4 is 11.3 Å². The zero-order valence-corrected chi connectivity index (χ0v) is 8.82. The molecule has 0 aliphatic rings. The number of aliphatic hydroxyl groups is 1. The first-order valence-electron chi connectivity index (χ1n) is 4.27. The third kappa shape index (κ3) is 1.56. The number of thiophene rings is 1. The molecule has 0 saturated carbocycles. The molecule has 0 spiro atoms. The lowest BCUT2D eigenvalue weighted by molar-refractivity contribution is 0.209. The molecule has 0 fully saturated rings. The third-order valence-corrected chi connectivity index (χ3v) is 3.07. The standard InChI is InChI=1S/C9H11N3OS/c1-6-3-4-7(14-6)8(13)9-11-10-5-12(9)2/h3-5,8,13H,1-2H3. The molecule has 1 unspecified atom stereocenters. The summed E-state index contributed by atoms with van der Waals surface area (Å²) in [5.74, 6) is 0.576. The number of aryl methyl sites for hydroxylation is 2. The molecule has 74 valence electrons. The van der Waals surface area contributed by atoms with Crippen LogP contribution >= 0.6 is 11.3 Å². The molecular formula is C9H11N3OS. The van der Waals surface area contributed by atoms with Crippen molar-refractivity contribution in [2.75, 3.05) is 0 Å². The van der Waals surface area contributed by atoms with Gasteiger partial charge in [0, 0.05) is 16.8 Å². The molecule has 0 saturated heterocycles. The summed E-state index contributed by atoms with van der Waals surface area (Å²) >= 11 is 1.57. The summed E-state index contributed by atoms with van der Waals surface area (Å²) in [6.45, 7) is 2.01. The largest absolute Gasteiger partial charge is 0.379 e. The molecule has 0 aromatic carbocycles. The van der Waals surface area contributed by atoms with E-state index >= 15 is 0 Å². The highest BCUT2D eigenvalue weighted by Crippen LogP contribution is 2.26. The summed E-state index contributed by atoms with van der Waals surface area (Å²) in [7, 11) is 1.82. The van der Waals surface area contributed by atoms with E-state index in [1.807, 2.05) is 26.1 Å². The van der Waals surface area contributed by atoms with Gasteiger partial charge in [0.2, 0.25) is 0 Å². The smallest absolute Gasteiger partial charge is 0.166 e. The Labute approximate surface area is 85.8 Å². The van der Waals surface area contributed by atoms with Crippen molar-refractivity contribution in [3.63, 3.8) is 0 Å². The number of hydrogen-bond acceptors (Lipinski definition) is 4. The zero-order valence-electron chi connectivity index (χ0n) is 8.01. The van der Waals surface area contributed by atoms with Crippen LogP contribution in [-0.2, 0) is 7.05 Å². The van der Waals surface area contributed by atoms with Crippen molar-refractivity contribution in [2.45, 2.75) is 13.0 Å². The molecule has 5 heteroatoms. The average molecular weight is 209 g/mol. The maximum Gasteiger partial charge on any atom is 0.166 e. The van der Waals surface area contributed by atoms with Crippen LogP contribution in [0.1, 0.15) is 21.7 Å². The summed E-state index contributed by atoms with van der Waals surface area (Å²) in [4.78, 5) is 2.08. The number of aromatic nitrogens is 3. The molecule has 0 radical (unpaired) electrons. The van der Waals surface area contributed by atoms with Crippen LogP contribution < -0.4 is 0 Å². The number of aliphatic hydroxyl groups excluding tert-OH is 1. The normalized spacial score (nSPS) is 13.1. The number of nitrogens with zero attached hydrogens (tertiary/aromatic N) is 3. The molecule has 2 aromatic heterocycles. The Balaban J connectivity index is 2.33. The Hall–Kier alpha value is -1.20. The fraction of sp³-hybridized carbons (Fsp3) is 0.333. The Morgan fingerprint density at radius 2 is 2.29 bits per heavy atom. The van der Waals surface area contributed by atoms with Gasteiger partial charge in [-0.3, -0.25) is 0 Å². The molecule has 0 amide bonds. The van der Waals surface area contributed by atoms with Crippen LogP contribution in [0.15, 0.2) is 18.5 Å². The molecule has 1 atom stereocenters. The van der Waals surface area contributed by atoms with Crippen molar-refractivity contribution in [3.8, 4) is 0 Å². The van der Waals surface area contributed by atoms with Gasteiger partial charge < -0.3 is 9.67 Å². The van der Waals surface area contributed by atoms with Gasteiger partial charge in [0.1, 0.15) is 12.4 Å². The van der Waals surface area contributed by atoms with Gasteiger partial charge in [0.05, 0.1) is 0 Å². The highest BCUT2D eigenvalue weighted by molar-refractivity contribution is 7.12. The first kappa shape index (κ1) is 9.36. The van der Waals surface area contributed by atoms with E-state index in [1.54, 1.807) is 22.2 Å². The zero-order chi connectivity index (χ0) is 10.1. The molecule has 0 aliphatic heterocycles. The fourth-order valence-corrected chi connectivity index (χ4v) is 2.13. The topological polar surface area (TPSA) is 50.9 Å². The summed E-state index contributed by atoms with van der Waals surface area (Å²) in [5.41, 5.74) is 0. The van der Waals surface area contributed by atoms with E-state index < -0.39 is 6.10 Å². The minimum Gasteiger partial charge on any atom is -0.379 e. The van der Waals surface area contributed by atoms with Gasteiger partial charge in [0.25, 0.3) is 0 Å². The van der Waals surface area contributed by atoms with Gasteiger partial charge in [-0.2, -0.15) is 0 Å².